The molecule has 0 bridgehead atoms. The van der Waals surface area contributed by atoms with Gasteiger partial charge in [0.2, 0.25) is 0 Å². The van der Waals surface area contributed by atoms with Crippen LogP contribution in [0.3, 0.4) is 0 Å². The lowest BCUT2D eigenvalue weighted by Gasteiger charge is -2.33. The number of anilines is 1. The zero-order chi connectivity index (χ0) is 25.3. The lowest BCUT2D eigenvalue weighted by Crippen LogP contribution is -2.37. The lowest BCUT2D eigenvalue weighted by atomic mass is 9.97. The predicted molar refractivity (Wildman–Crippen MR) is 139 cm³/mol. The molecule has 2 aromatic heterocycles. The highest BCUT2D eigenvalue weighted by Crippen LogP contribution is 2.31. The van der Waals surface area contributed by atoms with Crippen molar-refractivity contribution in [1.82, 2.24) is 19.5 Å². The number of nitrogens with zero attached hydrogens (tertiary/aromatic N) is 4. The third kappa shape index (κ3) is 5.53. The van der Waals surface area contributed by atoms with E-state index < -0.39 is 11.7 Å². The molecular formula is C26H24BrClF3N5. The summed E-state index contributed by atoms with van der Waals surface area (Å²) in [6, 6.07) is 15.0. The van der Waals surface area contributed by atoms with Gasteiger partial charge in [-0.15, -0.1) is 0 Å². The topological polar surface area (TPSA) is 45.5 Å². The SMILES string of the molecule is FC(F)(F)c1ccc(CN2CCCC(CNc3cc(-c4ccccc4Cl)nc4c(Br)cnn34)C2)cc1. The summed E-state index contributed by atoms with van der Waals surface area (Å²) in [5, 5.41) is 8.64. The van der Waals surface area contributed by atoms with Crippen LogP contribution in [0.5, 0.6) is 0 Å². The second kappa shape index (κ2) is 10.4. The summed E-state index contributed by atoms with van der Waals surface area (Å²) in [4.78, 5) is 7.06. The van der Waals surface area contributed by atoms with Crippen LogP contribution in [0.25, 0.3) is 16.9 Å². The van der Waals surface area contributed by atoms with Crippen LogP contribution < -0.4 is 5.32 Å². The number of nitrogens with one attached hydrogen (secondary N) is 1. The van der Waals surface area contributed by atoms with Crippen molar-refractivity contribution in [2.45, 2.75) is 25.6 Å². The number of fused-ring (bicyclic) bond motifs is 1. The van der Waals surface area contributed by atoms with Crippen molar-refractivity contribution in [3.05, 3.63) is 81.4 Å². The Labute approximate surface area is 220 Å². The third-order valence-electron chi connectivity index (χ3n) is 6.44. The van der Waals surface area contributed by atoms with Gasteiger partial charge < -0.3 is 5.32 Å². The maximum atomic E-state index is 12.9. The molecule has 1 unspecified atom stereocenters. The van der Waals surface area contributed by atoms with Gasteiger partial charge in [0.15, 0.2) is 5.65 Å². The Morgan fingerprint density at radius 1 is 1.11 bits per heavy atom. The van der Waals surface area contributed by atoms with E-state index in [0.29, 0.717) is 23.1 Å². The first-order valence-corrected chi connectivity index (χ1v) is 12.9. The van der Waals surface area contributed by atoms with E-state index >= 15 is 0 Å². The first-order valence-electron chi connectivity index (χ1n) is 11.7. The van der Waals surface area contributed by atoms with Crippen molar-refractivity contribution in [3.8, 4) is 11.3 Å². The van der Waals surface area contributed by atoms with E-state index in [1.54, 1.807) is 22.8 Å². The van der Waals surface area contributed by atoms with Gasteiger partial charge in [0.25, 0.3) is 0 Å². The minimum Gasteiger partial charge on any atom is -0.370 e. The average Bonchev–Trinajstić information content (AvgIpc) is 3.23. The molecule has 1 fully saturated rings. The maximum Gasteiger partial charge on any atom is 0.416 e. The molecule has 1 aliphatic heterocycles. The van der Waals surface area contributed by atoms with E-state index in [1.165, 1.54) is 0 Å². The Balaban J connectivity index is 1.28. The van der Waals surface area contributed by atoms with Gasteiger partial charge in [0.05, 0.1) is 21.9 Å². The molecular weight excluding hydrogens is 555 g/mol. The number of rotatable bonds is 6. The standard InChI is InChI=1S/C26H24BrClF3N5/c27-21-14-33-36-24(12-23(34-25(21)36)20-5-1-2-6-22(20)28)32-13-18-4-3-11-35(16-18)15-17-7-9-19(10-8-17)26(29,30)31/h1-2,5-10,12,14,18,32H,3-4,11,13,15-16H2. The molecule has 0 aliphatic carbocycles. The number of alkyl halides is 3. The minimum absolute atomic E-state index is 0.388. The Morgan fingerprint density at radius 2 is 1.89 bits per heavy atom. The van der Waals surface area contributed by atoms with Crippen molar-refractivity contribution in [2.24, 2.45) is 5.92 Å². The van der Waals surface area contributed by atoms with E-state index in [0.717, 1.165) is 71.7 Å². The van der Waals surface area contributed by atoms with Gasteiger partial charge in [-0.05, 0) is 65.0 Å². The van der Waals surface area contributed by atoms with Crippen LogP contribution in [0.1, 0.15) is 24.0 Å². The van der Waals surface area contributed by atoms with Crippen LogP contribution in [0.15, 0.2) is 65.3 Å². The molecule has 0 amide bonds. The smallest absolute Gasteiger partial charge is 0.370 e. The van der Waals surface area contributed by atoms with Crippen LogP contribution in [-0.4, -0.2) is 39.1 Å². The minimum atomic E-state index is -4.31. The highest BCUT2D eigenvalue weighted by Gasteiger charge is 2.30. The second-order valence-electron chi connectivity index (χ2n) is 9.05. The van der Waals surface area contributed by atoms with Crippen molar-refractivity contribution < 1.29 is 13.2 Å². The van der Waals surface area contributed by atoms with E-state index in [9.17, 15) is 13.2 Å². The number of piperidine rings is 1. The fourth-order valence-corrected chi connectivity index (χ4v) is 5.22. The van der Waals surface area contributed by atoms with Crippen LogP contribution in [-0.2, 0) is 12.7 Å². The van der Waals surface area contributed by atoms with Gasteiger partial charge in [0, 0.05) is 36.3 Å². The molecule has 1 saturated heterocycles. The second-order valence-corrected chi connectivity index (χ2v) is 10.3. The number of benzene rings is 2. The molecule has 36 heavy (non-hydrogen) atoms. The normalized spacial score (nSPS) is 17.0. The highest BCUT2D eigenvalue weighted by atomic mass is 79.9. The summed E-state index contributed by atoms with van der Waals surface area (Å²) in [6.07, 6.45) is -0.479. The molecule has 5 nitrogen and oxygen atoms in total. The molecule has 1 aliphatic rings. The average molecular weight is 579 g/mol. The van der Waals surface area contributed by atoms with E-state index in [-0.39, 0.29) is 0 Å². The molecule has 188 valence electrons. The molecule has 1 N–H and O–H groups in total. The largest absolute Gasteiger partial charge is 0.416 e. The summed E-state index contributed by atoms with van der Waals surface area (Å²) in [5.74, 6) is 1.21. The summed E-state index contributed by atoms with van der Waals surface area (Å²) >= 11 is 9.97. The molecule has 4 aromatic rings. The summed E-state index contributed by atoms with van der Waals surface area (Å²) < 4.78 is 41.1. The van der Waals surface area contributed by atoms with Crippen LogP contribution in [0.4, 0.5) is 19.0 Å². The quantitative estimate of drug-likeness (QED) is 0.264. The zero-order valence-corrected chi connectivity index (χ0v) is 21.6. The molecule has 5 rings (SSSR count). The van der Waals surface area contributed by atoms with Gasteiger partial charge in [-0.1, -0.05) is 41.9 Å². The predicted octanol–water partition coefficient (Wildman–Crippen LogP) is 7.16. The number of aromatic nitrogens is 3. The maximum absolute atomic E-state index is 12.9. The molecule has 0 saturated carbocycles. The van der Waals surface area contributed by atoms with E-state index in [4.69, 9.17) is 16.6 Å². The van der Waals surface area contributed by atoms with Crippen molar-refractivity contribution in [3.63, 3.8) is 0 Å². The van der Waals surface area contributed by atoms with Gasteiger partial charge in [-0.3, -0.25) is 4.90 Å². The first kappa shape index (κ1) is 25.0. The molecule has 0 spiro atoms. The Morgan fingerprint density at radius 3 is 2.64 bits per heavy atom. The lowest BCUT2D eigenvalue weighted by molar-refractivity contribution is -0.137. The van der Waals surface area contributed by atoms with E-state index in [2.05, 4.69) is 31.2 Å². The Kier molecular flexibility index (Phi) is 7.23. The van der Waals surface area contributed by atoms with Gasteiger partial charge in [-0.25, -0.2) is 4.98 Å². The van der Waals surface area contributed by atoms with Crippen molar-refractivity contribution in [2.75, 3.05) is 25.0 Å². The third-order valence-corrected chi connectivity index (χ3v) is 7.33. The Bertz CT molecular complexity index is 1360. The molecule has 0 radical (unpaired) electrons. The molecule has 1 atom stereocenters. The van der Waals surface area contributed by atoms with Crippen LogP contribution in [0, 0.1) is 5.92 Å². The Hall–Kier alpha value is -2.62. The molecule has 10 heteroatoms. The van der Waals surface area contributed by atoms with E-state index in [1.807, 2.05) is 30.3 Å². The van der Waals surface area contributed by atoms with Crippen molar-refractivity contribution in [1.29, 1.82) is 0 Å². The monoisotopic (exact) mass is 577 g/mol. The number of likely N-dealkylation sites (tertiary alicyclic amines) is 1. The van der Waals surface area contributed by atoms with Gasteiger partial charge in [-0.2, -0.15) is 22.8 Å². The molecule has 3 heterocycles. The van der Waals surface area contributed by atoms with Gasteiger partial charge in [0.1, 0.15) is 5.82 Å². The summed E-state index contributed by atoms with van der Waals surface area (Å²) in [7, 11) is 0. The number of hydrogen-bond acceptors (Lipinski definition) is 4. The van der Waals surface area contributed by atoms with Crippen molar-refractivity contribution >= 4 is 39.0 Å². The van der Waals surface area contributed by atoms with Crippen LogP contribution in [0.2, 0.25) is 5.02 Å². The number of hydrogen-bond donors (Lipinski definition) is 1. The highest BCUT2D eigenvalue weighted by molar-refractivity contribution is 9.10. The first-order chi connectivity index (χ1) is 17.3. The summed E-state index contributed by atoms with van der Waals surface area (Å²) in [6.45, 7) is 3.17. The fourth-order valence-electron chi connectivity index (χ4n) is 4.64. The van der Waals surface area contributed by atoms with Gasteiger partial charge >= 0.3 is 6.18 Å². The number of halogens is 5. The fraction of sp³-hybridized carbons (Fsp3) is 0.308. The zero-order valence-electron chi connectivity index (χ0n) is 19.3. The molecule has 2 aromatic carbocycles. The van der Waals surface area contributed by atoms with Crippen LogP contribution >= 0.6 is 27.5 Å². The summed E-state index contributed by atoms with van der Waals surface area (Å²) in [5.41, 5.74) is 2.57.